The molecule has 0 bridgehead atoms. The SMILES string of the molecule is CC(C)c1cccc(-c2ccc3nnc(-c4ccc(O)cc4)n3c2)c1. The van der Waals surface area contributed by atoms with E-state index >= 15 is 0 Å². The maximum atomic E-state index is 9.49. The first kappa shape index (κ1) is 15.4. The zero-order valence-electron chi connectivity index (χ0n) is 14.2. The van der Waals surface area contributed by atoms with Crippen molar-refractivity contribution in [2.45, 2.75) is 19.8 Å². The zero-order chi connectivity index (χ0) is 17.4. The summed E-state index contributed by atoms with van der Waals surface area (Å²) >= 11 is 0. The maximum absolute atomic E-state index is 9.49. The molecule has 2 aromatic heterocycles. The Morgan fingerprint density at radius 1 is 0.840 bits per heavy atom. The highest BCUT2D eigenvalue weighted by Crippen LogP contribution is 2.26. The second kappa shape index (κ2) is 6.06. The summed E-state index contributed by atoms with van der Waals surface area (Å²) in [7, 11) is 0. The van der Waals surface area contributed by atoms with Crippen LogP contribution in [-0.4, -0.2) is 19.7 Å². The van der Waals surface area contributed by atoms with Crippen LogP contribution in [0.25, 0.3) is 28.2 Å². The van der Waals surface area contributed by atoms with E-state index < -0.39 is 0 Å². The molecule has 4 heteroatoms. The number of benzene rings is 2. The topological polar surface area (TPSA) is 50.4 Å². The van der Waals surface area contributed by atoms with Crippen molar-refractivity contribution in [1.29, 1.82) is 0 Å². The van der Waals surface area contributed by atoms with Gasteiger partial charge in [-0.25, -0.2) is 0 Å². The first-order valence-electron chi connectivity index (χ1n) is 8.36. The van der Waals surface area contributed by atoms with Crippen molar-refractivity contribution in [2.75, 3.05) is 0 Å². The number of fused-ring (bicyclic) bond motifs is 1. The van der Waals surface area contributed by atoms with Crippen LogP contribution < -0.4 is 0 Å². The minimum atomic E-state index is 0.240. The quantitative estimate of drug-likeness (QED) is 0.582. The second-order valence-corrected chi connectivity index (χ2v) is 6.50. The van der Waals surface area contributed by atoms with Gasteiger partial charge in [0.1, 0.15) is 5.75 Å². The van der Waals surface area contributed by atoms with E-state index in [4.69, 9.17) is 0 Å². The van der Waals surface area contributed by atoms with E-state index in [9.17, 15) is 5.11 Å². The number of phenolic OH excluding ortho intramolecular Hbond substituents is 1. The van der Waals surface area contributed by atoms with Gasteiger partial charge in [-0.05, 0) is 59.0 Å². The van der Waals surface area contributed by atoms with Gasteiger partial charge in [0, 0.05) is 11.8 Å². The summed E-state index contributed by atoms with van der Waals surface area (Å²) in [5, 5.41) is 18.0. The summed E-state index contributed by atoms with van der Waals surface area (Å²) in [4.78, 5) is 0. The monoisotopic (exact) mass is 329 g/mol. The van der Waals surface area contributed by atoms with Gasteiger partial charge in [0.25, 0.3) is 0 Å². The lowest BCUT2D eigenvalue weighted by atomic mass is 9.98. The number of rotatable bonds is 3. The number of nitrogens with zero attached hydrogens (tertiary/aromatic N) is 3. The van der Waals surface area contributed by atoms with E-state index in [-0.39, 0.29) is 5.75 Å². The second-order valence-electron chi connectivity index (χ2n) is 6.50. The molecule has 25 heavy (non-hydrogen) atoms. The van der Waals surface area contributed by atoms with Crippen molar-refractivity contribution < 1.29 is 5.11 Å². The Balaban J connectivity index is 1.83. The molecule has 124 valence electrons. The molecule has 0 spiro atoms. The normalized spacial score (nSPS) is 11.3. The van der Waals surface area contributed by atoms with Crippen molar-refractivity contribution in [3.63, 3.8) is 0 Å². The van der Waals surface area contributed by atoms with Crippen molar-refractivity contribution in [1.82, 2.24) is 14.6 Å². The minimum Gasteiger partial charge on any atom is -0.508 e. The highest BCUT2D eigenvalue weighted by Gasteiger charge is 2.10. The van der Waals surface area contributed by atoms with Gasteiger partial charge >= 0.3 is 0 Å². The Kier molecular flexibility index (Phi) is 3.73. The Morgan fingerprint density at radius 3 is 2.36 bits per heavy atom. The summed E-state index contributed by atoms with van der Waals surface area (Å²) in [6.45, 7) is 4.40. The molecule has 0 aliphatic carbocycles. The predicted octanol–water partition coefficient (Wildman–Crippen LogP) is 4.89. The molecule has 0 atom stereocenters. The summed E-state index contributed by atoms with van der Waals surface area (Å²) in [6.07, 6.45) is 2.07. The fourth-order valence-electron chi connectivity index (χ4n) is 2.95. The van der Waals surface area contributed by atoms with Crippen LogP contribution in [0.15, 0.2) is 66.9 Å². The average Bonchev–Trinajstić information content (AvgIpc) is 3.05. The number of hydrogen-bond acceptors (Lipinski definition) is 3. The largest absolute Gasteiger partial charge is 0.508 e. The van der Waals surface area contributed by atoms with E-state index in [0.29, 0.717) is 5.92 Å². The summed E-state index contributed by atoms with van der Waals surface area (Å²) in [5.41, 5.74) is 5.33. The third-order valence-corrected chi connectivity index (χ3v) is 4.41. The maximum Gasteiger partial charge on any atom is 0.168 e. The molecule has 0 amide bonds. The van der Waals surface area contributed by atoms with Crippen LogP contribution in [0.1, 0.15) is 25.3 Å². The molecule has 2 aromatic carbocycles. The van der Waals surface area contributed by atoms with Crippen LogP contribution >= 0.6 is 0 Å². The third kappa shape index (κ3) is 2.87. The smallest absolute Gasteiger partial charge is 0.168 e. The van der Waals surface area contributed by atoms with Crippen molar-refractivity contribution in [2.24, 2.45) is 0 Å². The predicted molar refractivity (Wildman–Crippen MR) is 99.6 cm³/mol. The summed E-state index contributed by atoms with van der Waals surface area (Å²) in [6, 6.07) is 19.7. The number of aromatic hydroxyl groups is 1. The Hall–Kier alpha value is -3.14. The molecule has 4 nitrogen and oxygen atoms in total. The van der Waals surface area contributed by atoms with E-state index in [1.807, 2.05) is 22.6 Å². The van der Waals surface area contributed by atoms with Crippen LogP contribution in [-0.2, 0) is 0 Å². The lowest BCUT2D eigenvalue weighted by Gasteiger charge is -2.09. The van der Waals surface area contributed by atoms with Crippen LogP contribution in [0.2, 0.25) is 0 Å². The van der Waals surface area contributed by atoms with Gasteiger partial charge in [-0.1, -0.05) is 38.1 Å². The first-order valence-corrected chi connectivity index (χ1v) is 8.36. The van der Waals surface area contributed by atoms with E-state index in [1.54, 1.807) is 12.1 Å². The van der Waals surface area contributed by atoms with Gasteiger partial charge in [-0.15, -0.1) is 10.2 Å². The number of phenols is 1. The molecule has 0 saturated carbocycles. The molecule has 4 aromatic rings. The molecule has 1 N–H and O–H groups in total. The van der Waals surface area contributed by atoms with E-state index in [1.165, 1.54) is 11.1 Å². The van der Waals surface area contributed by atoms with Crippen LogP contribution in [0.3, 0.4) is 0 Å². The zero-order valence-corrected chi connectivity index (χ0v) is 14.2. The molecule has 0 radical (unpaired) electrons. The van der Waals surface area contributed by atoms with Crippen molar-refractivity contribution >= 4 is 5.65 Å². The Labute approximate surface area is 146 Å². The highest BCUT2D eigenvalue weighted by molar-refractivity contribution is 5.68. The van der Waals surface area contributed by atoms with Crippen molar-refractivity contribution in [3.05, 3.63) is 72.4 Å². The molecule has 0 aliphatic heterocycles. The number of pyridine rings is 1. The molecular formula is C21H19N3O. The van der Waals surface area contributed by atoms with E-state index in [0.717, 1.165) is 22.6 Å². The highest BCUT2D eigenvalue weighted by atomic mass is 16.3. The molecular weight excluding hydrogens is 310 g/mol. The molecule has 0 saturated heterocycles. The average molecular weight is 329 g/mol. The van der Waals surface area contributed by atoms with Crippen molar-refractivity contribution in [3.8, 4) is 28.3 Å². The molecule has 0 unspecified atom stereocenters. The fourth-order valence-corrected chi connectivity index (χ4v) is 2.95. The first-order chi connectivity index (χ1) is 12.1. The summed E-state index contributed by atoms with van der Waals surface area (Å²) in [5.74, 6) is 1.49. The number of hydrogen-bond donors (Lipinski definition) is 1. The molecule has 0 aliphatic rings. The molecule has 0 fully saturated rings. The number of aromatic nitrogens is 3. The van der Waals surface area contributed by atoms with Gasteiger partial charge in [-0.2, -0.15) is 0 Å². The fraction of sp³-hybridized carbons (Fsp3) is 0.143. The van der Waals surface area contributed by atoms with Crippen LogP contribution in [0.4, 0.5) is 0 Å². The lowest BCUT2D eigenvalue weighted by Crippen LogP contribution is -1.92. The Morgan fingerprint density at radius 2 is 1.60 bits per heavy atom. The molecule has 4 rings (SSSR count). The van der Waals surface area contributed by atoms with Gasteiger partial charge < -0.3 is 5.11 Å². The summed E-state index contributed by atoms with van der Waals surface area (Å²) < 4.78 is 1.99. The third-order valence-electron chi connectivity index (χ3n) is 4.41. The van der Waals surface area contributed by atoms with Gasteiger partial charge in [0.15, 0.2) is 11.5 Å². The molecule has 2 heterocycles. The minimum absolute atomic E-state index is 0.240. The Bertz CT molecular complexity index is 1030. The van der Waals surface area contributed by atoms with Gasteiger partial charge in [-0.3, -0.25) is 4.40 Å². The standard InChI is InChI=1S/C21H19N3O/c1-14(2)16-4-3-5-17(12-16)18-8-11-20-22-23-21(24(20)13-18)15-6-9-19(25)10-7-15/h3-14,25H,1-2H3. The van der Waals surface area contributed by atoms with Gasteiger partial charge in [0.05, 0.1) is 0 Å². The van der Waals surface area contributed by atoms with E-state index in [2.05, 4.69) is 60.6 Å². The van der Waals surface area contributed by atoms with Crippen LogP contribution in [0.5, 0.6) is 5.75 Å². The van der Waals surface area contributed by atoms with Gasteiger partial charge in [0.2, 0.25) is 0 Å². The van der Waals surface area contributed by atoms with Crippen LogP contribution in [0, 0.1) is 0 Å². The lowest BCUT2D eigenvalue weighted by molar-refractivity contribution is 0.475.